The number of benzene rings is 2. The molecule has 13 nitrogen and oxygen atoms in total. The van der Waals surface area contributed by atoms with E-state index in [0.29, 0.717) is 29.3 Å². The van der Waals surface area contributed by atoms with Crippen LogP contribution in [0.15, 0.2) is 52.2 Å². The van der Waals surface area contributed by atoms with Gasteiger partial charge in [0.25, 0.3) is 5.91 Å². The van der Waals surface area contributed by atoms with Crippen molar-refractivity contribution >= 4 is 23.1 Å². The van der Waals surface area contributed by atoms with E-state index in [2.05, 4.69) is 42.1 Å². The number of nitrogens with one attached hydrogen (secondary N) is 1. The molecular formula is C23H23N9O4. The minimum atomic E-state index is -0.566. The lowest BCUT2D eigenvalue weighted by Gasteiger charge is -2.19. The molecule has 4 N–H and O–H groups in total. The number of carbonyl (C=O) groups is 1. The summed E-state index contributed by atoms with van der Waals surface area (Å²) >= 11 is 0. The van der Waals surface area contributed by atoms with Crippen molar-refractivity contribution in [3.8, 4) is 17.3 Å². The number of hydrazone groups is 1. The van der Waals surface area contributed by atoms with Gasteiger partial charge in [0.15, 0.2) is 17.2 Å². The fraction of sp³-hybridized carbons (Fsp3) is 0.217. The maximum Gasteiger partial charge on any atom is 0.293 e. The number of amides is 1. The number of anilines is 2. The molecule has 0 saturated carbocycles. The number of aromatic nitrogens is 5. The van der Waals surface area contributed by atoms with Crippen molar-refractivity contribution in [3.63, 3.8) is 0 Å². The molecule has 4 aromatic rings. The van der Waals surface area contributed by atoms with Crippen LogP contribution in [0.1, 0.15) is 34.2 Å². The van der Waals surface area contributed by atoms with Crippen LogP contribution in [-0.2, 0) is 13.0 Å². The van der Waals surface area contributed by atoms with Crippen LogP contribution in [0.3, 0.4) is 0 Å². The Labute approximate surface area is 205 Å². The van der Waals surface area contributed by atoms with Crippen molar-refractivity contribution in [1.82, 2.24) is 30.7 Å². The van der Waals surface area contributed by atoms with Crippen LogP contribution in [0.4, 0.5) is 11.5 Å². The van der Waals surface area contributed by atoms with Gasteiger partial charge in [-0.2, -0.15) is 9.78 Å². The predicted molar refractivity (Wildman–Crippen MR) is 129 cm³/mol. The Hall–Kier alpha value is -4.94. The summed E-state index contributed by atoms with van der Waals surface area (Å²) in [5, 5.41) is 29.6. The average Bonchev–Trinajstić information content (AvgIpc) is 3.61. The number of para-hydroxylation sites is 1. The zero-order chi connectivity index (χ0) is 25.2. The van der Waals surface area contributed by atoms with Gasteiger partial charge in [0, 0.05) is 17.8 Å². The first kappa shape index (κ1) is 22.8. The molecule has 2 aromatic carbocycles. The lowest BCUT2D eigenvalue weighted by molar-refractivity contribution is 0.0948. The summed E-state index contributed by atoms with van der Waals surface area (Å²) in [6.45, 7) is 2.79. The van der Waals surface area contributed by atoms with Crippen LogP contribution >= 0.6 is 0 Å². The molecule has 3 heterocycles. The van der Waals surface area contributed by atoms with Gasteiger partial charge in [0.05, 0.1) is 25.1 Å². The van der Waals surface area contributed by atoms with E-state index in [0.717, 1.165) is 18.7 Å². The number of rotatable bonds is 7. The molecule has 0 aliphatic carbocycles. The number of ether oxygens (including phenoxy) is 1. The molecule has 36 heavy (non-hydrogen) atoms. The van der Waals surface area contributed by atoms with Crippen LogP contribution in [0.2, 0.25) is 0 Å². The lowest BCUT2D eigenvalue weighted by atomic mass is 10.1. The Morgan fingerprint density at radius 2 is 2.11 bits per heavy atom. The van der Waals surface area contributed by atoms with Gasteiger partial charge in [-0.3, -0.25) is 4.79 Å². The number of nitrogens with zero attached hydrogens (tertiary/aromatic N) is 7. The number of hydrogen-bond donors (Lipinski definition) is 3. The van der Waals surface area contributed by atoms with E-state index < -0.39 is 5.91 Å². The first-order chi connectivity index (χ1) is 17.5. The maximum atomic E-state index is 13.2. The van der Waals surface area contributed by atoms with E-state index in [1.807, 2.05) is 18.2 Å². The van der Waals surface area contributed by atoms with Crippen molar-refractivity contribution < 1.29 is 19.3 Å². The zero-order valence-electron chi connectivity index (χ0n) is 19.5. The van der Waals surface area contributed by atoms with Crippen LogP contribution in [0.25, 0.3) is 5.82 Å². The lowest BCUT2D eigenvalue weighted by Crippen LogP contribution is -2.26. The second-order valence-electron chi connectivity index (χ2n) is 8.09. The fourth-order valence-corrected chi connectivity index (χ4v) is 4.03. The normalized spacial score (nSPS) is 13.1. The number of phenolic OH excluding ortho intramolecular Hbond substituents is 1. The predicted octanol–water partition coefficient (Wildman–Crippen LogP) is 1.66. The Balaban J connectivity index is 1.45. The summed E-state index contributed by atoms with van der Waals surface area (Å²) in [7, 11) is 1.45. The second-order valence-corrected chi connectivity index (χ2v) is 8.09. The van der Waals surface area contributed by atoms with Gasteiger partial charge in [0.2, 0.25) is 11.6 Å². The third-order valence-electron chi connectivity index (χ3n) is 5.92. The SMILES string of the molecule is COc1cc(/C(C)=N/NC(=O)c2nnn(-c3nonc3N)c2CN2CCc3ccccc32)ccc1O. The molecular weight excluding hydrogens is 466 g/mol. The van der Waals surface area contributed by atoms with E-state index in [9.17, 15) is 9.90 Å². The van der Waals surface area contributed by atoms with Gasteiger partial charge < -0.3 is 20.5 Å². The molecule has 0 bridgehead atoms. The van der Waals surface area contributed by atoms with Gasteiger partial charge in [0.1, 0.15) is 0 Å². The highest BCUT2D eigenvalue weighted by atomic mass is 16.6. The molecule has 1 aliphatic heterocycles. The summed E-state index contributed by atoms with van der Waals surface area (Å²) in [6.07, 6.45) is 0.881. The van der Waals surface area contributed by atoms with Gasteiger partial charge in [-0.1, -0.05) is 23.4 Å². The highest BCUT2D eigenvalue weighted by Gasteiger charge is 2.28. The van der Waals surface area contributed by atoms with Gasteiger partial charge in [-0.15, -0.1) is 5.10 Å². The van der Waals surface area contributed by atoms with Crippen molar-refractivity contribution in [2.24, 2.45) is 5.10 Å². The molecule has 0 atom stereocenters. The maximum absolute atomic E-state index is 13.2. The summed E-state index contributed by atoms with van der Waals surface area (Å²) in [6, 6.07) is 12.8. The standard InChI is InChI=1S/C23H23N9O4/c1-13(15-7-8-18(33)19(11-15)35-2)25-27-23(34)20-17(32(30-26-20)22-21(24)28-36-29-22)12-31-10-9-14-5-3-4-6-16(14)31/h3-8,11,33H,9-10,12H2,1-2H3,(H2,24,28)(H,27,34)/b25-13+. The fourth-order valence-electron chi connectivity index (χ4n) is 4.03. The molecule has 13 heteroatoms. The largest absolute Gasteiger partial charge is 0.504 e. The van der Waals surface area contributed by atoms with Crippen molar-refractivity contribution in [2.45, 2.75) is 19.9 Å². The molecule has 2 aromatic heterocycles. The van der Waals surface area contributed by atoms with Gasteiger partial charge in [-0.05, 0) is 53.5 Å². The number of nitrogen functional groups attached to an aromatic ring is 1. The van der Waals surface area contributed by atoms with Gasteiger partial charge in [-0.25, -0.2) is 10.1 Å². The smallest absolute Gasteiger partial charge is 0.293 e. The molecule has 0 radical (unpaired) electrons. The van der Waals surface area contributed by atoms with Crippen molar-refractivity contribution in [2.75, 3.05) is 24.3 Å². The number of aromatic hydroxyl groups is 1. The molecule has 184 valence electrons. The van der Waals surface area contributed by atoms with Crippen LogP contribution in [0, 0.1) is 0 Å². The van der Waals surface area contributed by atoms with Crippen LogP contribution in [0.5, 0.6) is 11.5 Å². The number of methoxy groups -OCH3 is 1. The Bertz CT molecular complexity index is 1460. The summed E-state index contributed by atoms with van der Waals surface area (Å²) in [4.78, 5) is 15.3. The third kappa shape index (κ3) is 4.17. The second kappa shape index (κ2) is 9.37. The third-order valence-corrected chi connectivity index (χ3v) is 5.92. The summed E-state index contributed by atoms with van der Waals surface area (Å²) < 4.78 is 11.2. The number of phenols is 1. The number of nitrogens with two attached hydrogens (primary N) is 1. The van der Waals surface area contributed by atoms with E-state index >= 15 is 0 Å². The van der Waals surface area contributed by atoms with E-state index in [1.54, 1.807) is 19.1 Å². The molecule has 0 unspecified atom stereocenters. The van der Waals surface area contributed by atoms with Crippen LogP contribution in [-0.4, -0.2) is 55.7 Å². The molecule has 0 fully saturated rings. The van der Waals surface area contributed by atoms with E-state index in [-0.39, 0.29) is 23.1 Å². The number of hydrogen-bond acceptors (Lipinski definition) is 11. The first-order valence-electron chi connectivity index (χ1n) is 11.0. The monoisotopic (exact) mass is 489 g/mol. The van der Waals surface area contributed by atoms with Crippen LogP contribution < -0.4 is 20.8 Å². The molecule has 1 aliphatic rings. The molecule has 5 rings (SSSR count). The average molecular weight is 489 g/mol. The topological polar surface area (TPSA) is 170 Å². The quantitative estimate of drug-likeness (QED) is 0.256. The minimum absolute atomic E-state index is 0.00412. The Kier molecular flexibility index (Phi) is 5.94. The zero-order valence-corrected chi connectivity index (χ0v) is 19.5. The summed E-state index contributed by atoms with van der Waals surface area (Å²) in [5.74, 6) is -0.110. The van der Waals surface area contributed by atoms with Crippen molar-refractivity contribution in [1.29, 1.82) is 0 Å². The highest BCUT2D eigenvalue weighted by molar-refractivity contribution is 6.01. The Morgan fingerprint density at radius 1 is 1.28 bits per heavy atom. The van der Waals surface area contributed by atoms with Crippen molar-refractivity contribution in [3.05, 3.63) is 65.0 Å². The molecule has 1 amide bonds. The number of carbonyl (C=O) groups excluding carboxylic acids is 1. The van der Waals surface area contributed by atoms with E-state index in [1.165, 1.54) is 23.4 Å². The highest BCUT2D eigenvalue weighted by Crippen LogP contribution is 2.30. The number of fused-ring (bicyclic) bond motifs is 1. The molecule has 0 saturated heterocycles. The molecule has 0 spiro atoms. The van der Waals surface area contributed by atoms with Gasteiger partial charge >= 0.3 is 0 Å². The minimum Gasteiger partial charge on any atom is -0.504 e. The van der Waals surface area contributed by atoms with E-state index in [4.69, 9.17) is 15.1 Å². The summed E-state index contributed by atoms with van der Waals surface area (Å²) in [5.41, 5.74) is 12.4. The first-order valence-corrected chi connectivity index (χ1v) is 11.0. The Morgan fingerprint density at radius 3 is 2.89 bits per heavy atom.